The smallest absolute Gasteiger partial charge is 0.265 e. The Kier molecular flexibility index (Phi) is 5.04. The number of carbonyl (C=O) groups is 1. The highest BCUT2D eigenvalue weighted by molar-refractivity contribution is 7.98. The zero-order valence-corrected chi connectivity index (χ0v) is 11.0. The lowest BCUT2D eigenvalue weighted by Gasteiger charge is -2.09. The van der Waals surface area contributed by atoms with Gasteiger partial charge in [0.15, 0.2) is 0 Å². The number of rotatable bonds is 5. The second-order valence-corrected chi connectivity index (χ2v) is 5.35. The Morgan fingerprint density at radius 2 is 2.44 bits per heavy atom. The van der Waals surface area contributed by atoms with Gasteiger partial charge < -0.3 is 4.74 Å². The largest absolute Gasteiger partial charge is 0.377 e. The summed E-state index contributed by atoms with van der Waals surface area (Å²) >= 11 is 1.84. The van der Waals surface area contributed by atoms with E-state index in [1.165, 1.54) is 12.8 Å². The van der Waals surface area contributed by atoms with Crippen LogP contribution in [0.25, 0.3) is 0 Å². The van der Waals surface area contributed by atoms with E-state index >= 15 is 0 Å². The number of amides is 1. The van der Waals surface area contributed by atoms with E-state index in [2.05, 4.69) is 5.43 Å². The maximum absolute atomic E-state index is 11.4. The zero-order valence-electron chi connectivity index (χ0n) is 10.2. The van der Waals surface area contributed by atoms with Crippen molar-refractivity contribution in [2.75, 3.05) is 12.4 Å². The molecule has 1 unspecified atom stereocenters. The van der Waals surface area contributed by atoms with Gasteiger partial charge in [-0.25, -0.2) is 5.84 Å². The molecule has 3 N–H and O–H groups in total. The van der Waals surface area contributed by atoms with Crippen LogP contribution in [0, 0.1) is 0 Å². The number of ether oxygens (including phenoxy) is 1. The van der Waals surface area contributed by atoms with Crippen molar-refractivity contribution in [1.82, 2.24) is 5.43 Å². The topological polar surface area (TPSA) is 64.3 Å². The van der Waals surface area contributed by atoms with Crippen LogP contribution in [0.4, 0.5) is 0 Å². The lowest BCUT2D eigenvalue weighted by atomic mass is 10.1. The van der Waals surface area contributed by atoms with Gasteiger partial charge in [0.1, 0.15) is 0 Å². The van der Waals surface area contributed by atoms with Crippen molar-refractivity contribution in [1.29, 1.82) is 0 Å². The van der Waals surface area contributed by atoms with E-state index in [9.17, 15) is 4.79 Å². The van der Waals surface area contributed by atoms with Crippen LogP contribution >= 0.6 is 11.8 Å². The first-order valence-electron chi connectivity index (χ1n) is 6.09. The number of carbonyl (C=O) groups excluding carboxylic acids is 1. The minimum atomic E-state index is -0.249. The van der Waals surface area contributed by atoms with Gasteiger partial charge in [0.25, 0.3) is 5.91 Å². The maximum atomic E-state index is 11.4. The minimum Gasteiger partial charge on any atom is -0.377 e. The Labute approximate surface area is 111 Å². The molecule has 1 aliphatic rings. The molecule has 98 valence electrons. The molecular formula is C13H18N2O2S. The summed E-state index contributed by atoms with van der Waals surface area (Å²) in [5, 5.41) is 0. The summed E-state index contributed by atoms with van der Waals surface area (Å²) in [5.41, 5.74) is 3.89. The summed E-state index contributed by atoms with van der Waals surface area (Å²) in [6.07, 6.45) is 2.76. The van der Waals surface area contributed by atoms with Gasteiger partial charge in [0, 0.05) is 23.7 Å². The third-order valence-electron chi connectivity index (χ3n) is 2.92. The van der Waals surface area contributed by atoms with Crippen LogP contribution in [0.5, 0.6) is 0 Å². The number of hydrazine groups is 1. The summed E-state index contributed by atoms with van der Waals surface area (Å²) in [6.45, 7) is 0.900. The van der Waals surface area contributed by atoms with Crippen molar-refractivity contribution in [3.05, 3.63) is 35.4 Å². The number of nitrogens with one attached hydrogen (secondary N) is 1. The second-order valence-electron chi connectivity index (χ2n) is 4.32. The van der Waals surface area contributed by atoms with Gasteiger partial charge in [0.2, 0.25) is 0 Å². The molecule has 5 heteroatoms. The van der Waals surface area contributed by atoms with Crippen molar-refractivity contribution in [3.8, 4) is 0 Å². The van der Waals surface area contributed by atoms with Crippen molar-refractivity contribution in [2.45, 2.75) is 24.7 Å². The molecule has 0 bridgehead atoms. The van der Waals surface area contributed by atoms with Crippen LogP contribution in [0.2, 0.25) is 0 Å². The van der Waals surface area contributed by atoms with Gasteiger partial charge in [-0.3, -0.25) is 10.2 Å². The third kappa shape index (κ3) is 3.73. The highest BCUT2D eigenvalue weighted by Gasteiger charge is 2.15. The van der Waals surface area contributed by atoms with Crippen LogP contribution in [-0.2, 0) is 10.5 Å². The number of benzene rings is 1. The molecule has 1 fully saturated rings. The molecule has 0 aromatic heterocycles. The lowest BCUT2D eigenvalue weighted by molar-refractivity contribution is 0.0953. The minimum absolute atomic E-state index is 0.249. The molecule has 18 heavy (non-hydrogen) atoms. The van der Waals surface area contributed by atoms with E-state index in [0.717, 1.165) is 23.7 Å². The predicted octanol–water partition coefficient (Wildman–Crippen LogP) is 1.70. The molecular weight excluding hydrogens is 248 g/mol. The van der Waals surface area contributed by atoms with Gasteiger partial charge in [-0.2, -0.15) is 11.8 Å². The molecule has 0 radical (unpaired) electrons. The van der Waals surface area contributed by atoms with Crippen molar-refractivity contribution in [2.24, 2.45) is 5.84 Å². The molecule has 1 atom stereocenters. The molecule has 1 aliphatic heterocycles. The molecule has 4 nitrogen and oxygen atoms in total. The second kappa shape index (κ2) is 6.78. The Hall–Kier alpha value is -1.04. The Morgan fingerprint density at radius 1 is 1.56 bits per heavy atom. The summed E-state index contributed by atoms with van der Waals surface area (Å²) < 4.78 is 5.57. The SMILES string of the molecule is NNC(=O)c1cccc(CSCC2CCCO2)c1. The third-order valence-corrected chi connectivity index (χ3v) is 4.06. The molecule has 1 saturated heterocycles. The summed E-state index contributed by atoms with van der Waals surface area (Å²) in [5.74, 6) is 6.78. The standard InChI is InChI=1S/C13H18N2O2S/c14-15-13(16)11-4-1-3-10(7-11)8-18-9-12-5-2-6-17-12/h1,3-4,7,12H,2,5-6,8-9,14H2,(H,15,16). The van der Waals surface area contributed by atoms with Gasteiger partial charge in [-0.05, 0) is 30.5 Å². The van der Waals surface area contributed by atoms with Crippen LogP contribution in [0.15, 0.2) is 24.3 Å². The van der Waals surface area contributed by atoms with Crippen molar-refractivity contribution in [3.63, 3.8) is 0 Å². The Morgan fingerprint density at radius 3 is 3.17 bits per heavy atom. The number of nitrogen functional groups attached to an aromatic ring is 1. The zero-order chi connectivity index (χ0) is 12.8. The molecule has 1 aromatic rings. The molecule has 2 rings (SSSR count). The molecule has 0 aliphatic carbocycles. The lowest BCUT2D eigenvalue weighted by Crippen LogP contribution is -2.29. The van der Waals surface area contributed by atoms with E-state index < -0.39 is 0 Å². The highest BCUT2D eigenvalue weighted by Crippen LogP contribution is 2.20. The van der Waals surface area contributed by atoms with Gasteiger partial charge in [-0.15, -0.1) is 0 Å². The first kappa shape index (κ1) is 13.4. The highest BCUT2D eigenvalue weighted by atomic mass is 32.2. The number of nitrogens with two attached hydrogens (primary N) is 1. The average molecular weight is 266 g/mol. The van der Waals surface area contributed by atoms with Crippen molar-refractivity contribution >= 4 is 17.7 Å². The average Bonchev–Trinajstić information content (AvgIpc) is 2.91. The van der Waals surface area contributed by atoms with Crippen molar-refractivity contribution < 1.29 is 9.53 Å². The van der Waals surface area contributed by atoms with E-state index in [0.29, 0.717) is 11.7 Å². The molecule has 0 saturated carbocycles. The van der Waals surface area contributed by atoms with Crippen LogP contribution in [0.1, 0.15) is 28.8 Å². The number of hydrogen-bond acceptors (Lipinski definition) is 4. The molecule has 1 amide bonds. The Bertz CT molecular complexity index is 406. The fraction of sp³-hybridized carbons (Fsp3) is 0.462. The summed E-state index contributed by atoms with van der Waals surface area (Å²) in [7, 11) is 0. The fourth-order valence-corrected chi connectivity index (χ4v) is 3.03. The first-order chi connectivity index (χ1) is 8.79. The normalized spacial score (nSPS) is 18.8. The fourth-order valence-electron chi connectivity index (χ4n) is 1.97. The molecule has 1 aromatic carbocycles. The van der Waals surface area contributed by atoms with E-state index in [4.69, 9.17) is 10.6 Å². The van der Waals surface area contributed by atoms with E-state index in [1.807, 2.05) is 30.0 Å². The van der Waals surface area contributed by atoms with E-state index in [1.54, 1.807) is 6.07 Å². The van der Waals surface area contributed by atoms with Gasteiger partial charge >= 0.3 is 0 Å². The maximum Gasteiger partial charge on any atom is 0.265 e. The quantitative estimate of drug-likeness (QED) is 0.484. The van der Waals surface area contributed by atoms with Gasteiger partial charge in [0.05, 0.1) is 6.10 Å². The Balaban J connectivity index is 1.83. The first-order valence-corrected chi connectivity index (χ1v) is 7.24. The number of hydrogen-bond donors (Lipinski definition) is 2. The molecule has 1 heterocycles. The van der Waals surface area contributed by atoms with Crippen LogP contribution in [0.3, 0.4) is 0 Å². The van der Waals surface area contributed by atoms with Crippen LogP contribution in [-0.4, -0.2) is 24.4 Å². The summed E-state index contributed by atoms with van der Waals surface area (Å²) in [4.78, 5) is 11.4. The summed E-state index contributed by atoms with van der Waals surface area (Å²) in [6, 6.07) is 7.55. The number of thioether (sulfide) groups is 1. The van der Waals surface area contributed by atoms with E-state index in [-0.39, 0.29) is 5.91 Å². The van der Waals surface area contributed by atoms with Gasteiger partial charge in [-0.1, -0.05) is 12.1 Å². The predicted molar refractivity (Wildman–Crippen MR) is 73.2 cm³/mol. The molecule has 0 spiro atoms. The monoisotopic (exact) mass is 266 g/mol. The van der Waals surface area contributed by atoms with Crippen LogP contribution < -0.4 is 11.3 Å².